The number of phenolic OH excluding ortho intramolecular Hbond substituents is 1. The second-order valence-electron chi connectivity index (χ2n) is 5.79. The predicted molar refractivity (Wildman–Crippen MR) is 92.0 cm³/mol. The van der Waals surface area contributed by atoms with Crippen LogP contribution in [-0.2, 0) is 12.8 Å². The normalized spacial score (nSPS) is 11.0. The number of unbranched alkanes of at least 4 members (excludes halogenated alkanes) is 1. The third kappa shape index (κ3) is 3.29. The van der Waals surface area contributed by atoms with Crippen LogP contribution in [-0.4, -0.2) is 5.11 Å². The van der Waals surface area contributed by atoms with Crippen LogP contribution in [0.25, 0.3) is 11.0 Å². The van der Waals surface area contributed by atoms with Crippen molar-refractivity contribution in [3.05, 3.63) is 75.6 Å². The van der Waals surface area contributed by atoms with Crippen molar-refractivity contribution in [2.24, 2.45) is 0 Å². The molecule has 0 fully saturated rings. The van der Waals surface area contributed by atoms with Gasteiger partial charge in [0.05, 0.1) is 0 Å². The molecule has 3 aromatic rings. The van der Waals surface area contributed by atoms with E-state index in [9.17, 15) is 9.90 Å². The maximum Gasteiger partial charge on any atom is 0.340 e. The minimum atomic E-state index is -0.307. The van der Waals surface area contributed by atoms with Crippen LogP contribution in [0.15, 0.2) is 57.7 Å². The Kier molecular flexibility index (Phi) is 4.47. The van der Waals surface area contributed by atoms with Crippen molar-refractivity contribution in [3.8, 4) is 5.75 Å². The maximum absolute atomic E-state index is 12.5. The SMILES string of the molecule is CCCCc1c(Cc2ccccc2)c(=O)oc2cc(O)ccc12. The molecule has 0 aliphatic rings. The van der Waals surface area contributed by atoms with E-state index in [0.29, 0.717) is 12.0 Å². The fraction of sp³-hybridized carbons (Fsp3) is 0.250. The summed E-state index contributed by atoms with van der Waals surface area (Å²) in [6.07, 6.45) is 3.48. The van der Waals surface area contributed by atoms with Gasteiger partial charge in [-0.3, -0.25) is 0 Å². The van der Waals surface area contributed by atoms with E-state index in [4.69, 9.17) is 4.42 Å². The highest BCUT2D eigenvalue weighted by Crippen LogP contribution is 2.26. The van der Waals surface area contributed by atoms with Crippen LogP contribution in [0.1, 0.15) is 36.5 Å². The van der Waals surface area contributed by atoms with Gasteiger partial charge >= 0.3 is 5.63 Å². The van der Waals surface area contributed by atoms with Gasteiger partial charge < -0.3 is 9.52 Å². The van der Waals surface area contributed by atoms with Crippen molar-refractivity contribution in [1.29, 1.82) is 0 Å². The van der Waals surface area contributed by atoms with Gasteiger partial charge in [0.1, 0.15) is 11.3 Å². The van der Waals surface area contributed by atoms with Crippen LogP contribution in [0.3, 0.4) is 0 Å². The quantitative estimate of drug-likeness (QED) is 0.709. The van der Waals surface area contributed by atoms with E-state index in [1.54, 1.807) is 6.07 Å². The molecule has 0 spiro atoms. The summed E-state index contributed by atoms with van der Waals surface area (Å²) in [7, 11) is 0. The molecule has 3 heteroatoms. The Morgan fingerprint density at radius 2 is 1.83 bits per heavy atom. The Morgan fingerprint density at radius 3 is 2.57 bits per heavy atom. The molecule has 2 aromatic carbocycles. The van der Waals surface area contributed by atoms with Crippen LogP contribution in [0, 0.1) is 0 Å². The zero-order chi connectivity index (χ0) is 16.2. The van der Waals surface area contributed by atoms with Crippen LogP contribution in [0.5, 0.6) is 5.75 Å². The topological polar surface area (TPSA) is 50.4 Å². The molecule has 0 saturated carbocycles. The second kappa shape index (κ2) is 6.69. The molecule has 1 aromatic heterocycles. The molecule has 23 heavy (non-hydrogen) atoms. The fourth-order valence-electron chi connectivity index (χ4n) is 2.91. The molecule has 0 saturated heterocycles. The van der Waals surface area contributed by atoms with E-state index in [1.165, 1.54) is 6.07 Å². The molecule has 0 radical (unpaired) electrons. The van der Waals surface area contributed by atoms with Gasteiger partial charge in [0.15, 0.2) is 0 Å². The zero-order valence-electron chi connectivity index (χ0n) is 13.2. The molecule has 0 atom stereocenters. The minimum absolute atomic E-state index is 0.109. The summed E-state index contributed by atoms with van der Waals surface area (Å²) in [6, 6.07) is 14.9. The van der Waals surface area contributed by atoms with Crippen molar-refractivity contribution in [2.45, 2.75) is 32.6 Å². The number of phenols is 1. The molecule has 118 valence electrons. The summed E-state index contributed by atoms with van der Waals surface area (Å²) in [5.41, 5.74) is 3.01. The van der Waals surface area contributed by atoms with Crippen molar-refractivity contribution in [1.82, 2.24) is 0 Å². The Bertz CT molecular complexity index is 863. The molecule has 3 rings (SSSR count). The lowest BCUT2D eigenvalue weighted by Crippen LogP contribution is -2.13. The Morgan fingerprint density at radius 1 is 1.04 bits per heavy atom. The van der Waals surface area contributed by atoms with E-state index in [1.807, 2.05) is 36.4 Å². The van der Waals surface area contributed by atoms with E-state index in [0.717, 1.165) is 41.3 Å². The molecular weight excluding hydrogens is 288 g/mol. The average molecular weight is 308 g/mol. The molecule has 0 aliphatic heterocycles. The first-order valence-corrected chi connectivity index (χ1v) is 8.00. The van der Waals surface area contributed by atoms with Crippen molar-refractivity contribution in [2.75, 3.05) is 0 Å². The van der Waals surface area contributed by atoms with Crippen LogP contribution in [0.4, 0.5) is 0 Å². The number of rotatable bonds is 5. The van der Waals surface area contributed by atoms with Crippen LogP contribution < -0.4 is 5.63 Å². The van der Waals surface area contributed by atoms with Gasteiger partial charge in [0.2, 0.25) is 0 Å². The third-order valence-electron chi connectivity index (χ3n) is 4.11. The molecule has 0 amide bonds. The first kappa shape index (κ1) is 15.3. The molecule has 0 bridgehead atoms. The zero-order valence-corrected chi connectivity index (χ0v) is 13.2. The number of benzene rings is 2. The highest BCUT2D eigenvalue weighted by atomic mass is 16.4. The largest absolute Gasteiger partial charge is 0.508 e. The summed E-state index contributed by atoms with van der Waals surface area (Å²) in [5, 5.41) is 10.5. The predicted octanol–water partition coefficient (Wildman–Crippen LogP) is 4.43. The summed E-state index contributed by atoms with van der Waals surface area (Å²) in [6.45, 7) is 2.14. The van der Waals surface area contributed by atoms with Crippen molar-refractivity contribution in [3.63, 3.8) is 0 Å². The lowest BCUT2D eigenvalue weighted by Gasteiger charge is -2.11. The van der Waals surface area contributed by atoms with E-state index >= 15 is 0 Å². The molecule has 1 N–H and O–H groups in total. The van der Waals surface area contributed by atoms with Gasteiger partial charge in [-0.05, 0) is 36.1 Å². The van der Waals surface area contributed by atoms with Gasteiger partial charge in [-0.15, -0.1) is 0 Å². The highest BCUT2D eigenvalue weighted by Gasteiger charge is 2.15. The Balaban J connectivity index is 2.16. The minimum Gasteiger partial charge on any atom is -0.508 e. The second-order valence-corrected chi connectivity index (χ2v) is 5.79. The summed E-state index contributed by atoms with van der Waals surface area (Å²) < 4.78 is 5.45. The van der Waals surface area contributed by atoms with Gasteiger partial charge in [-0.1, -0.05) is 43.7 Å². The van der Waals surface area contributed by atoms with E-state index in [-0.39, 0.29) is 11.4 Å². The Hall–Kier alpha value is -2.55. The van der Waals surface area contributed by atoms with Crippen molar-refractivity contribution >= 4 is 11.0 Å². The van der Waals surface area contributed by atoms with Crippen LogP contribution >= 0.6 is 0 Å². The lowest BCUT2D eigenvalue weighted by atomic mass is 9.95. The number of hydrogen-bond donors (Lipinski definition) is 1. The van der Waals surface area contributed by atoms with Gasteiger partial charge in [-0.2, -0.15) is 0 Å². The van der Waals surface area contributed by atoms with Crippen molar-refractivity contribution < 1.29 is 9.52 Å². The first-order valence-electron chi connectivity index (χ1n) is 8.00. The van der Waals surface area contributed by atoms with Gasteiger partial charge in [0.25, 0.3) is 0 Å². The van der Waals surface area contributed by atoms with Gasteiger partial charge in [0, 0.05) is 23.4 Å². The smallest absolute Gasteiger partial charge is 0.340 e. The highest BCUT2D eigenvalue weighted by molar-refractivity contribution is 5.82. The number of hydrogen-bond acceptors (Lipinski definition) is 3. The fourth-order valence-corrected chi connectivity index (χ4v) is 2.91. The summed E-state index contributed by atoms with van der Waals surface area (Å²) in [5.74, 6) is 0.109. The molecule has 0 aliphatic carbocycles. The van der Waals surface area contributed by atoms with E-state index in [2.05, 4.69) is 6.92 Å². The Labute approximate surface area is 135 Å². The number of fused-ring (bicyclic) bond motifs is 1. The monoisotopic (exact) mass is 308 g/mol. The van der Waals surface area contributed by atoms with Gasteiger partial charge in [-0.25, -0.2) is 4.79 Å². The molecule has 0 unspecified atom stereocenters. The first-order chi connectivity index (χ1) is 11.2. The number of aromatic hydroxyl groups is 1. The maximum atomic E-state index is 12.5. The van der Waals surface area contributed by atoms with Crippen LogP contribution in [0.2, 0.25) is 0 Å². The lowest BCUT2D eigenvalue weighted by molar-refractivity contribution is 0.472. The third-order valence-corrected chi connectivity index (χ3v) is 4.11. The number of aryl methyl sites for hydroxylation is 1. The average Bonchev–Trinajstić information content (AvgIpc) is 2.55. The molecular formula is C20H20O3. The summed E-state index contributed by atoms with van der Waals surface area (Å²) >= 11 is 0. The molecule has 1 heterocycles. The van der Waals surface area contributed by atoms with E-state index < -0.39 is 0 Å². The molecule has 3 nitrogen and oxygen atoms in total. The summed E-state index contributed by atoms with van der Waals surface area (Å²) in [4.78, 5) is 12.5. The standard InChI is InChI=1S/C20H20O3/c1-2-3-9-16-17-11-10-15(21)13-19(17)23-20(22)18(16)12-14-7-5-4-6-8-14/h4-8,10-11,13,21H,2-3,9,12H2,1H3.